The molecule has 2 N–H and O–H groups in total. The molecule has 9 heteroatoms. The van der Waals surface area contributed by atoms with Crippen LogP contribution >= 0.6 is 24.0 Å². The molecule has 0 spiro atoms. The summed E-state index contributed by atoms with van der Waals surface area (Å²) < 4.78 is 5.42. The summed E-state index contributed by atoms with van der Waals surface area (Å²) in [5.74, 6) is 0.217. The van der Waals surface area contributed by atoms with Crippen molar-refractivity contribution in [2.45, 2.75) is 13.0 Å². The van der Waals surface area contributed by atoms with Gasteiger partial charge < -0.3 is 15.4 Å². The third-order valence-electron chi connectivity index (χ3n) is 3.83. The first kappa shape index (κ1) is 20.0. The zero-order valence-electron chi connectivity index (χ0n) is 14.2. The van der Waals surface area contributed by atoms with E-state index in [1.165, 1.54) is 4.90 Å². The molecule has 2 amide bonds. The predicted molar refractivity (Wildman–Crippen MR) is 103 cm³/mol. The lowest BCUT2D eigenvalue weighted by molar-refractivity contribution is -0.120. The van der Waals surface area contributed by atoms with Crippen molar-refractivity contribution in [3.63, 3.8) is 0 Å². The highest BCUT2D eigenvalue weighted by molar-refractivity contribution is 6.30. The second kappa shape index (κ2) is 8.35. The van der Waals surface area contributed by atoms with Crippen LogP contribution in [-0.4, -0.2) is 36.5 Å². The van der Waals surface area contributed by atoms with Gasteiger partial charge in [0.25, 0.3) is 5.91 Å². The molecular formula is C17H18Cl2N4O3. The van der Waals surface area contributed by atoms with Crippen LogP contribution in [0.1, 0.15) is 6.92 Å². The van der Waals surface area contributed by atoms with Gasteiger partial charge >= 0.3 is 0 Å². The molecule has 1 aromatic heterocycles. The molecule has 138 valence electrons. The molecule has 2 heterocycles. The number of ether oxygens (including phenoxy) is 1. The van der Waals surface area contributed by atoms with Crippen molar-refractivity contribution in [3.8, 4) is 5.88 Å². The number of hydrogen-bond donors (Lipinski definition) is 2. The van der Waals surface area contributed by atoms with Crippen LogP contribution in [0.5, 0.6) is 5.88 Å². The number of amides is 2. The minimum Gasteiger partial charge on any atom is -0.466 e. The van der Waals surface area contributed by atoms with Gasteiger partial charge in [-0.3, -0.25) is 14.5 Å². The predicted octanol–water partition coefficient (Wildman–Crippen LogP) is 2.76. The second-order valence-corrected chi connectivity index (χ2v) is 5.95. The smallest absolute Gasteiger partial charge is 0.269 e. The first-order chi connectivity index (χ1) is 12.0. The summed E-state index contributed by atoms with van der Waals surface area (Å²) in [6.07, 6.45) is 0. The highest BCUT2D eigenvalue weighted by Crippen LogP contribution is 2.37. The molecule has 26 heavy (non-hydrogen) atoms. The minimum atomic E-state index is -0.356. The van der Waals surface area contributed by atoms with E-state index in [0.29, 0.717) is 22.2 Å². The van der Waals surface area contributed by atoms with Gasteiger partial charge in [-0.05, 0) is 50.4 Å². The zero-order chi connectivity index (χ0) is 18.0. The summed E-state index contributed by atoms with van der Waals surface area (Å²) >= 11 is 5.91. The van der Waals surface area contributed by atoms with E-state index >= 15 is 0 Å². The molecule has 1 aliphatic rings. The Morgan fingerprint density at radius 3 is 2.62 bits per heavy atom. The molecule has 1 atom stereocenters. The van der Waals surface area contributed by atoms with Gasteiger partial charge in [0, 0.05) is 10.7 Å². The monoisotopic (exact) mass is 396 g/mol. The fourth-order valence-electron chi connectivity index (χ4n) is 2.35. The third-order valence-corrected chi connectivity index (χ3v) is 4.08. The number of rotatable bonds is 4. The molecule has 0 bridgehead atoms. The first-order valence-electron chi connectivity index (χ1n) is 7.70. The van der Waals surface area contributed by atoms with Crippen molar-refractivity contribution in [1.29, 1.82) is 0 Å². The van der Waals surface area contributed by atoms with E-state index in [4.69, 9.17) is 16.3 Å². The maximum Gasteiger partial charge on any atom is 0.269 e. The van der Waals surface area contributed by atoms with E-state index in [-0.39, 0.29) is 42.8 Å². The lowest BCUT2D eigenvalue weighted by atomic mass is 10.2. The first-order valence-corrected chi connectivity index (χ1v) is 8.08. The van der Waals surface area contributed by atoms with Crippen LogP contribution in [-0.2, 0) is 9.59 Å². The summed E-state index contributed by atoms with van der Waals surface area (Å²) in [6, 6.07) is 9.88. The van der Waals surface area contributed by atoms with Crippen molar-refractivity contribution in [2.24, 2.45) is 0 Å². The van der Waals surface area contributed by atoms with Gasteiger partial charge in [0.1, 0.15) is 11.5 Å². The number of anilines is 3. The van der Waals surface area contributed by atoms with Gasteiger partial charge in [-0.15, -0.1) is 12.4 Å². The summed E-state index contributed by atoms with van der Waals surface area (Å²) in [7, 11) is 1.70. The number of carbonyl (C=O) groups is 2. The number of fused-ring (bicyclic) bond motifs is 1. The van der Waals surface area contributed by atoms with Crippen LogP contribution in [0.15, 0.2) is 36.4 Å². The number of carbonyl (C=O) groups excluding carboxylic acids is 2. The van der Waals surface area contributed by atoms with Crippen LogP contribution in [0.25, 0.3) is 0 Å². The maximum atomic E-state index is 12.3. The van der Waals surface area contributed by atoms with E-state index in [9.17, 15) is 9.59 Å². The average molecular weight is 397 g/mol. The topological polar surface area (TPSA) is 83.6 Å². The molecule has 0 saturated heterocycles. The molecule has 2 aromatic rings. The van der Waals surface area contributed by atoms with E-state index in [2.05, 4.69) is 15.6 Å². The van der Waals surface area contributed by atoms with Crippen LogP contribution in [0, 0.1) is 0 Å². The molecule has 1 aliphatic heterocycles. The third kappa shape index (κ3) is 4.07. The molecule has 0 saturated carbocycles. The molecule has 1 aromatic carbocycles. The number of likely N-dealkylation sites (N-methyl/N-ethyl adjacent to an activating group) is 1. The number of halogens is 2. The van der Waals surface area contributed by atoms with E-state index in [1.54, 1.807) is 50.4 Å². The standard InChI is InChI=1S/C17H17ClN4O3.ClH/c1-10(19-2)16(24)20-14-8-7-13-17(21-14)25-9-15(23)22(13)12-5-3-11(18)4-6-12;/h3-8,10,19H,9H2,1-2H3,(H,20,21,24);1H. The van der Waals surface area contributed by atoms with Crippen molar-refractivity contribution in [1.82, 2.24) is 10.3 Å². The Morgan fingerprint density at radius 2 is 1.96 bits per heavy atom. The van der Waals surface area contributed by atoms with E-state index in [0.717, 1.165) is 0 Å². The molecule has 0 aliphatic carbocycles. The Balaban J connectivity index is 0.00000243. The van der Waals surface area contributed by atoms with Crippen LogP contribution in [0.3, 0.4) is 0 Å². The summed E-state index contributed by atoms with van der Waals surface area (Å²) in [4.78, 5) is 30.1. The SMILES string of the molecule is CNC(C)C(=O)Nc1ccc2c(n1)OCC(=O)N2c1ccc(Cl)cc1.Cl. The van der Waals surface area contributed by atoms with Gasteiger partial charge in [0.2, 0.25) is 11.8 Å². The van der Waals surface area contributed by atoms with Crippen molar-refractivity contribution < 1.29 is 14.3 Å². The molecule has 0 fully saturated rings. The summed E-state index contributed by atoms with van der Waals surface area (Å²) in [6.45, 7) is 1.61. The molecule has 0 radical (unpaired) electrons. The Bertz CT molecular complexity index is 814. The summed E-state index contributed by atoms with van der Waals surface area (Å²) in [5, 5.41) is 6.14. The molecule has 7 nitrogen and oxygen atoms in total. The quantitative estimate of drug-likeness (QED) is 0.829. The minimum absolute atomic E-state index is 0. The molecule has 3 rings (SSSR count). The van der Waals surface area contributed by atoms with Gasteiger partial charge in [-0.2, -0.15) is 4.98 Å². The average Bonchev–Trinajstić information content (AvgIpc) is 2.62. The second-order valence-electron chi connectivity index (χ2n) is 5.51. The lowest BCUT2D eigenvalue weighted by Crippen LogP contribution is -2.37. The number of aromatic nitrogens is 1. The molecular weight excluding hydrogens is 379 g/mol. The summed E-state index contributed by atoms with van der Waals surface area (Å²) in [5.41, 5.74) is 1.18. The van der Waals surface area contributed by atoms with Gasteiger partial charge in [0.15, 0.2) is 6.61 Å². The zero-order valence-corrected chi connectivity index (χ0v) is 15.7. The largest absolute Gasteiger partial charge is 0.466 e. The van der Waals surface area contributed by atoms with Crippen molar-refractivity contribution in [3.05, 3.63) is 41.4 Å². The Morgan fingerprint density at radius 1 is 1.27 bits per heavy atom. The highest BCUT2D eigenvalue weighted by atomic mass is 35.5. The van der Waals surface area contributed by atoms with Crippen LogP contribution in [0.2, 0.25) is 5.02 Å². The maximum absolute atomic E-state index is 12.3. The van der Waals surface area contributed by atoms with E-state index < -0.39 is 0 Å². The fourth-order valence-corrected chi connectivity index (χ4v) is 2.47. The Labute approximate surface area is 162 Å². The van der Waals surface area contributed by atoms with Crippen LogP contribution < -0.4 is 20.3 Å². The fraction of sp³-hybridized carbons (Fsp3) is 0.235. The Hall–Kier alpha value is -2.35. The van der Waals surface area contributed by atoms with Crippen molar-refractivity contribution >= 4 is 53.0 Å². The molecule has 1 unspecified atom stereocenters. The van der Waals surface area contributed by atoms with E-state index in [1.807, 2.05) is 0 Å². The number of benzene rings is 1. The van der Waals surface area contributed by atoms with Crippen molar-refractivity contribution in [2.75, 3.05) is 23.9 Å². The number of hydrogen-bond acceptors (Lipinski definition) is 5. The normalized spacial score (nSPS) is 14.0. The Kier molecular flexibility index (Phi) is 6.42. The highest BCUT2D eigenvalue weighted by Gasteiger charge is 2.28. The van der Waals surface area contributed by atoms with Crippen LogP contribution in [0.4, 0.5) is 17.2 Å². The lowest BCUT2D eigenvalue weighted by Gasteiger charge is -2.28. The number of nitrogens with zero attached hydrogens (tertiary/aromatic N) is 2. The van der Waals surface area contributed by atoms with Gasteiger partial charge in [0.05, 0.1) is 6.04 Å². The number of nitrogens with one attached hydrogen (secondary N) is 2. The number of pyridine rings is 1. The van der Waals surface area contributed by atoms with Gasteiger partial charge in [-0.25, -0.2) is 0 Å². The van der Waals surface area contributed by atoms with Gasteiger partial charge in [-0.1, -0.05) is 11.6 Å².